The minimum atomic E-state index is -3.94. The molecule has 0 radical (unpaired) electrons. The molecule has 4 rings (SSSR count). The van der Waals surface area contributed by atoms with E-state index in [1.165, 1.54) is 6.07 Å². The highest BCUT2D eigenvalue weighted by Gasteiger charge is 2.35. The van der Waals surface area contributed by atoms with Gasteiger partial charge in [-0.3, -0.25) is 0 Å². The number of aryl methyl sites for hydroxylation is 1. The van der Waals surface area contributed by atoms with Crippen LogP contribution in [0.3, 0.4) is 0 Å². The van der Waals surface area contributed by atoms with Crippen LogP contribution in [0.5, 0.6) is 0 Å². The van der Waals surface area contributed by atoms with Crippen molar-refractivity contribution in [2.75, 3.05) is 18.0 Å². The van der Waals surface area contributed by atoms with Crippen molar-refractivity contribution in [1.29, 1.82) is 5.26 Å². The van der Waals surface area contributed by atoms with Crippen LogP contribution in [0.25, 0.3) is 11.0 Å². The van der Waals surface area contributed by atoms with Crippen molar-refractivity contribution < 1.29 is 8.42 Å². The van der Waals surface area contributed by atoms with E-state index in [0.29, 0.717) is 16.9 Å². The third-order valence-corrected chi connectivity index (χ3v) is 6.84. The third-order valence-electron chi connectivity index (χ3n) is 4.98. The average Bonchev–Trinajstić information content (AvgIpc) is 3.22. The number of benzene rings is 2. The highest BCUT2D eigenvalue weighted by atomic mass is 32.2. The molecule has 1 atom stereocenters. The zero-order valence-electron chi connectivity index (χ0n) is 15.5. The summed E-state index contributed by atoms with van der Waals surface area (Å²) in [5, 5.41) is 8.45. The van der Waals surface area contributed by atoms with E-state index in [4.69, 9.17) is 4.98 Å². The predicted molar refractivity (Wildman–Crippen MR) is 108 cm³/mol. The van der Waals surface area contributed by atoms with Crippen LogP contribution in [-0.2, 0) is 9.84 Å². The molecule has 0 aliphatic carbocycles. The predicted octanol–water partition coefficient (Wildman–Crippen LogP) is 3.58. The maximum atomic E-state index is 13.3. The normalized spacial score (nSPS) is 15.5. The molecule has 0 N–H and O–H groups in total. The summed E-state index contributed by atoms with van der Waals surface area (Å²) in [6.07, 6.45) is 2.02. The van der Waals surface area contributed by atoms with Gasteiger partial charge in [-0.25, -0.2) is 18.4 Å². The van der Waals surface area contributed by atoms with E-state index in [0.717, 1.165) is 31.5 Å². The highest BCUT2D eigenvalue weighted by molar-refractivity contribution is 7.92. The first-order valence-electron chi connectivity index (χ1n) is 9.22. The van der Waals surface area contributed by atoms with Crippen LogP contribution in [0, 0.1) is 18.3 Å². The number of hydrogen-bond acceptors (Lipinski definition) is 6. The van der Waals surface area contributed by atoms with Crippen LogP contribution in [0.15, 0.2) is 53.4 Å². The summed E-state index contributed by atoms with van der Waals surface area (Å²) >= 11 is 0. The Bertz CT molecular complexity index is 1180. The van der Waals surface area contributed by atoms with Crippen molar-refractivity contribution in [3.63, 3.8) is 0 Å². The molecule has 3 aromatic rings. The quantitative estimate of drug-likeness (QED) is 0.674. The van der Waals surface area contributed by atoms with Gasteiger partial charge in [0.2, 0.25) is 9.84 Å². The minimum absolute atomic E-state index is 0.126. The highest BCUT2D eigenvalue weighted by Crippen LogP contribution is 2.35. The number of rotatable bonds is 4. The molecule has 6 nitrogen and oxygen atoms in total. The zero-order valence-corrected chi connectivity index (χ0v) is 16.4. The molecule has 0 bridgehead atoms. The van der Waals surface area contributed by atoms with Crippen LogP contribution in [0.2, 0.25) is 0 Å². The number of anilines is 1. The van der Waals surface area contributed by atoms with E-state index in [-0.39, 0.29) is 10.6 Å². The van der Waals surface area contributed by atoms with Crippen molar-refractivity contribution in [2.24, 2.45) is 0 Å². The molecule has 1 aliphatic rings. The fourth-order valence-electron chi connectivity index (χ4n) is 3.55. The van der Waals surface area contributed by atoms with E-state index in [9.17, 15) is 13.7 Å². The Morgan fingerprint density at radius 1 is 1.04 bits per heavy atom. The molecule has 0 spiro atoms. The smallest absolute Gasteiger partial charge is 0.200 e. The van der Waals surface area contributed by atoms with Gasteiger partial charge >= 0.3 is 0 Å². The van der Waals surface area contributed by atoms with Crippen LogP contribution >= 0.6 is 0 Å². The van der Waals surface area contributed by atoms with Gasteiger partial charge in [0.05, 0.1) is 22.0 Å². The topological polar surface area (TPSA) is 86.9 Å². The van der Waals surface area contributed by atoms with Crippen molar-refractivity contribution in [3.05, 3.63) is 59.8 Å². The van der Waals surface area contributed by atoms with E-state index in [1.807, 2.05) is 42.2 Å². The molecule has 28 heavy (non-hydrogen) atoms. The molecule has 1 saturated heterocycles. The zero-order chi connectivity index (χ0) is 19.7. The van der Waals surface area contributed by atoms with E-state index in [1.54, 1.807) is 18.2 Å². The minimum Gasteiger partial charge on any atom is -0.355 e. The third kappa shape index (κ3) is 3.20. The molecular formula is C21H20N4O2S. The Labute approximate surface area is 164 Å². The summed E-state index contributed by atoms with van der Waals surface area (Å²) in [6.45, 7) is 3.39. The lowest BCUT2D eigenvalue weighted by molar-refractivity contribution is 0.590. The summed E-state index contributed by atoms with van der Waals surface area (Å²) in [5.74, 6) is 0.499. The number of para-hydroxylation sites is 2. The second-order valence-corrected chi connectivity index (χ2v) is 9.02. The van der Waals surface area contributed by atoms with Gasteiger partial charge in [0, 0.05) is 13.1 Å². The van der Waals surface area contributed by atoms with Gasteiger partial charge in [0.15, 0.2) is 11.1 Å². The molecule has 1 aromatic heterocycles. The molecule has 0 amide bonds. The maximum Gasteiger partial charge on any atom is 0.200 e. The Balaban J connectivity index is 1.92. The van der Waals surface area contributed by atoms with Crippen LogP contribution in [0.1, 0.15) is 29.3 Å². The van der Waals surface area contributed by atoms with Crippen molar-refractivity contribution >= 4 is 26.7 Å². The Kier molecular flexibility index (Phi) is 4.73. The van der Waals surface area contributed by atoms with Crippen LogP contribution in [0.4, 0.5) is 5.82 Å². The summed E-state index contributed by atoms with van der Waals surface area (Å²) in [6, 6.07) is 15.9. The standard InChI is InChI=1S/C21H20N4O2S/c1-15-7-6-8-16(13-15)28(26,27)19(14-22)20-21(25-11-4-5-12-25)24-18-10-3-2-9-17(18)23-20/h2-3,6-10,13,19H,4-5,11-12H2,1H3/t19-/m1/s1. The van der Waals surface area contributed by atoms with Gasteiger partial charge in [-0.1, -0.05) is 24.3 Å². The van der Waals surface area contributed by atoms with E-state index >= 15 is 0 Å². The van der Waals surface area contributed by atoms with Gasteiger partial charge in [-0.2, -0.15) is 5.26 Å². The summed E-state index contributed by atoms with van der Waals surface area (Å²) < 4.78 is 26.6. The molecule has 0 saturated carbocycles. The van der Waals surface area contributed by atoms with Gasteiger partial charge in [-0.05, 0) is 49.6 Å². The number of nitriles is 1. The van der Waals surface area contributed by atoms with Gasteiger partial charge in [0.1, 0.15) is 5.69 Å². The van der Waals surface area contributed by atoms with Gasteiger partial charge in [0.25, 0.3) is 0 Å². The molecule has 2 heterocycles. The number of nitrogens with zero attached hydrogens (tertiary/aromatic N) is 4. The lowest BCUT2D eigenvalue weighted by Crippen LogP contribution is -2.24. The second-order valence-electron chi connectivity index (χ2n) is 6.99. The average molecular weight is 392 g/mol. The number of aromatic nitrogens is 2. The Morgan fingerprint density at radius 2 is 1.71 bits per heavy atom. The molecule has 7 heteroatoms. The monoisotopic (exact) mass is 392 g/mol. The lowest BCUT2D eigenvalue weighted by atomic mass is 10.2. The first-order chi connectivity index (χ1) is 13.5. The van der Waals surface area contributed by atoms with Crippen molar-refractivity contribution in [2.45, 2.75) is 29.9 Å². The van der Waals surface area contributed by atoms with Crippen molar-refractivity contribution in [3.8, 4) is 6.07 Å². The summed E-state index contributed by atoms with van der Waals surface area (Å²) in [7, 11) is -3.94. The van der Waals surface area contributed by atoms with Crippen molar-refractivity contribution in [1.82, 2.24) is 9.97 Å². The van der Waals surface area contributed by atoms with Crippen LogP contribution in [-0.4, -0.2) is 31.5 Å². The van der Waals surface area contributed by atoms with E-state index in [2.05, 4.69) is 4.98 Å². The molecule has 0 unspecified atom stereocenters. The maximum absolute atomic E-state index is 13.3. The second kappa shape index (κ2) is 7.21. The van der Waals surface area contributed by atoms with Gasteiger partial charge in [-0.15, -0.1) is 0 Å². The molecule has 142 valence electrons. The molecule has 2 aromatic carbocycles. The number of sulfone groups is 1. The van der Waals surface area contributed by atoms with E-state index < -0.39 is 15.1 Å². The Hall–Kier alpha value is -2.98. The first-order valence-corrected chi connectivity index (χ1v) is 10.8. The summed E-state index contributed by atoms with van der Waals surface area (Å²) in [4.78, 5) is 11.5. The lowest BCUT2D eigenvalue weighted by Gasteiger charge is -2.22. The Morgan fingerprint density at radius 3 is 2.36 bits per heavy atom. The first kappa shape index (κ1) is 18.4. The van der Waals surface area contributed by atoms with Crippen LogP contribution < -0.4 is 4.90 Å². The fraction of sp³-hybridized carbons (Fsp3) is 0.286. The summed E-state index contributed by atoms with van der Waals surface area (Å²) in [5.41, 5.74) is 2.31. The molecular weight excluding hydrogens is 372 g/mol. The number of fused-ring (bicyclic) bond motifs is 1. The number of hydrogen-bond donors (Lipinski definition) is 0. The molecule has 1 fully saturated rings. The SMILES string of the molecule is Cc1cccc(S(=O)(=O)[C@H](C#N)c2nc3ccccc3nc2N2CCCC2)c1. The fourth-order valence-corrected chi connectivity index (χ4v) is 5.03. The molecule has 1 aliphatic heterocycles. The van der Waals surface area contributed by atoms with Gasteiger partial charge < -0.3 is 4.90 Å². The largest absolute Gasteiger partial charge is 0.355 e.